The molecule has 7 heteroatoms. The van der Waals surface area contributed by atoms with E-state index in [0.717, 1.165) is 67.6 Å². The fourth-order valence-electron chi connectivity index (χ4n) is 3.71. The van der Waals surface area contributed by atoms with Crippen LogP contribution < -0.4 is 16.0 Å². The molecule has 0 saturated carbocycles. The van der Waals surface area contributed by atoms with Gasteiger partial charge in [0.2, 0.25) is 0 Å². The Morgan fingerprint density at radius 1 is 0.594 bits per heavy atom. The molecular weight excluding hydrogens is 408 g/mol. The Morgan fingerprint density at radius 3 is 1.69 bits per heavy atom. The number of pyridine rings is 2. The highest BCUT2D eigenvalue weighted by atomic mass is 19.1. The number of hydrogen-bond acceptors (Lipinski definition) is 5. The lowest BCUT2D eigenvalue weighted by Gasteiger charge is -2.11. The number of anilines is 2. The smallest absolute Gasteiger partial charge is 0.125 e. The summed E-state index contributed by atoms with van der Waals surface area (Å²) in [6, 6.07) is 13.2. The zero-order valence-corrected chi connectivity index (χ0v) is 17.9. The van der Waals surface area contributed by atoms with Crippen molar-refractivity contribution in [1.82, 2.24) is 15.3 Å². The van der Waals surface area contributed by atoms with Crippen molar-refractivity contribution >= 4 is 33.2 Å². The predicted molar refractivity (Wildman–Crippen MR) is 127 cm³/mol. The first-order valence-corrected chi connectivity index (χ1v) is 11.0. The second kappa shape index (κ2) is 10.8. The summed E-state index contributed by atoms with van der Waals surface area (Å²) in [6.45, 7) is 3.58. The van der Waals surface area contributed by atoms with Crippen molar-refractivity contribution in [2.75, 3.05) is 36.8 Å². The van der Waals surface area contributed by atoms with Crippen LogP contribution in [0.3, 0.4) is 0 Å². The minimum absolute atomic E-state index is 0.270. The summed E-state index contributed by atoms with van der Waals surface area (Å²) in [5.74, 6) is -0.543. The molecule has 0 aliphatic carbocycles. The summed E-state index contributed by atoms with van der Waals surface area (Å²) >= 11 is 0. The molecule has 0 amide bonds. The van der Waals surface area contributed by atoms with Crippen LogP contribution in [0.25, 0.3) is 21.8 Å². The van der Waals surface area contributed by atoms with E-state index >= 15 is 0 Å². The molecule has 0 spiro atoms. The Bertz CT molecular complexity index is 1090. The number of rotatable bonds is 11. The quantitative estimate of drug-likeness (QED) is 0.278. The molecule has 2 aromatic heterocycles. The molecule has 0 aliphatic heterocycles. The average molecular weight is 436 g/mol. The third kappa shape index (κ3) is 5.68. The molecule has 0 bridgehead atoms. The predicted octanol–water partition coefficient (Wildman–Crippen LogP) is 5.35. The van der Waals surface area contributed by atoms with Crippen LogP contribution in [0, 0.1) is 11.6 Å². The first-order chi connectivity index (χ1) is 15.7. The van der Waals surface area contributed by atoms with Crippen molar-refractivity contribution in [3.63, 3.8) is 0 Å². The molecule has 4 aromatic rings. The highest BCUT2D eigenvalue weighted by molar-refractivity contribution is 5.91. The van der Waals surface area contributed by atoms with Crippen molar-refractivity contribution < 1.29 is 8.78 Å². The first kappa shape index (κ1) is 21.9. The summed E-state index contributed by atoms with van der Waals surface area (Å²) in [5.41, 5.74) is 3.29. The average Bonchev–Trinajstić information content (AvgIpc) is 2.80. The minimum Gasteiger partial charge on any atom is -0.384 e. The van der Waals surface area contributed by atoms with Gasteiger partial charge < -0.3 is 16.0 Å². The Kier molecular flexibility index (Phi) is 7.40. The van der Waals surface area contributed by atoms with Gasteiger partial charge in [-0.15, -0.1) is 0 Å². The summed E-state index contributed by atoms with van der Waals surface area (Å²) in [7, 11) is 0. The van der Waals surface area contributed by atoms with Gasteiger partial charge >= 0.3 is 0 Å². The van der Waals surface area contributed by atoms with Crippen molar-refractivity contribution in [3.05, 3.63) is 72.6 Å². The van der Waals surface area contributed by atoms with Crippen LogP contribution in [0.4, 0.5) is 20.2 Å². The van der Waals surface area contributed by atoms with Gasteiger partial charge in [0, 0.05) is 59.8 Å². The van der Waals surface area contributed by atoms with Gasteiger partial charge in [-0.1, -0.05) is 0 Å². The van der Waals surface area contributed by atoms with Crippen molar-refractivity contribution in [3.8, 4) is 0 Å². The van der Waals surface area contributed by atoms with E-state index in [2.05, 4.69) is 25.9 Å². The summed E-state index contributed by atoms with van der Waals surface area (Å²) in [4.78, 5) is 8.44. The fraction of sp³-hybridized carbons (Fsp3) is 0.280. The number of aromatic nitrogens is 2. The molecule has 0 atom stereocenters. The van der Waals surface area contributed by atoms with Crippen LogP contribution in [0.5, 0.6) is 0 Å². The molecule has 0 radical (unpaired) electrons. The molecule has 2 aromatic carbocycles. The number of fused-ring (bicyclic) bond motifs is 2. The topological polar surface area (TPSA) is 61.9 Å². The Morgan fingerprint density at radius 2 is 1.09 bits per heavy atom. The van der Waals surface area contributed by atoms with E-state index in [4.69, 9.17) is 0 Å². The van der Waals surface area contributed by atoms with Crippen LogP contribution >= 0.6 is 0 Å². The van der Waals surface area contributed by atoms with E-state index in [0.29, 0.717) is 11.0 Å². The fourth-order valence-corrected chi connectivity index (χ4v) is 3.71. The molecule has 32 heavy (non-hydrogen) atoms. The Balaban J connectivity index is 1.10. The van der Waals surface area contributed by atoms with Crippen LogP contribution in [0.2, 0.25) is 0 Å². The first-order valence-electron chi connectivity index (χ1n) is 11.0. The molecule has 0 unspecified atom stereocenters. The van der Waals surface area contributed by atoms with Crippen LogP contribution in [-0.4, -0.2) is 36.1 Å². The van der Waals surface area contributed by atoms with Crippen LogP contribution in [0.15, 0.2) is 60.9 Å². The van der Waals surface area contributed by atoms with E-state index in [1.165, 1.54) is 24.3 Å². The Labute approximate surface area is 186 Å². The molecule has 5 nitrogen and oxygen atoms in total. The maximum absolute atomic E-state index is 13.3. The normalized spacial score (nSPS) is 11.2. The maximum Gasteiger partial charge on any atom is 0.125 e. The maximum atomic E-state index is 13.3. The van der Waals surface area contributed by atoms with Gasteiger partial charge in [-0.3, -0.25) is 9.97 Å². The molecule has 166 valence electrons. The van der Waals surface area contributed by atoms with Crippen LogP contribution in [0.1, 0.15) is 19.3 Å². The van der Waals surface area contributed by atoms with Crippen molar-refractivity contribution in [1.29, 1.82) is 0 Å². The number of benzene rings is 2. The number of unbranched alkanes of at least 4 members (excludes halogenated alkanes) is 1. The number of halogens is 2. The largest absolute Gasteiger partial charge is 0.384 e. The van der Waals surface area contributed by atoms with E-state index < -0.39 is 0 Å². The molecule has 0 fully saturated rings. The minimum atomic E-state index is -0.272. The summed E-state index contributed by atoms with van der Waals surface area (Å²) in [5, 5.41) is 12.2. The van der Waals surface area contributed by atoms with Crippen molar-refractivity contribution in [2.24, 2.45) is 0 Å². The van der Waals surface area contributed by atoms with Gasteiger partial charge in [0.15, 0.2) is 0 Å². The lowest BCUT2D eigenvalue weighted by molar-refractivity contribution is 0.619. The zero-order valence-electron chi connectivity index (χ0n) is 17.9. The third-order valence-corrected chi connectivity index (χ3v) is 5.35. The van der Waals surface area contributed by atoms with Gasteiger partial charge in [0.25, 0.3) is 0 Å². The van der Waals surface area contributed by atoms with Crippen LogP contribution in [-0.2, 0) is 0 Å². The summed E-state index contributed by atoms with van der Waals surface area (Å²) < 4.78 is 26.7. The highest BCUT2D eigenvalue weighted by Crippen LogP contribution is 2.23. The molecular formula is C25H27F2N5. The zero-order chi connectivity index (χ0) is 22.2. The molecule has 4 rings (SSSR count). The number of hydrogen-bond donors (Lipinski definition) is 3. The van der Waals surface area contributed by atoms with Gasteiger partial charge in [-0.2, -0.15) is 0 Å². The molecule has 0 aliphatic rings. The Hall–Kier alpha value is -3.32. The number of nitrogens with one attached hydrogen (secondary N) is 3. The lowest BCUT2D eigenvalue weighted by atomic mass is 10.2. The van der Waals surface area contributed by atoms with E-state index in [1.807, 2.05) is 12.1 Å². The summed E-state index contributed by atoms with van der Waals surface area (Å²) in [6.07, 6.45) is 6.49. The van der Waals surface area contributed by atoms with E-state index in [1.54, 1.807) is 24.5 Å². The second-order valence-corrected chi connectivity index (χ2v) is 7.70. The lowest BCUT2D eigenvalue weighted by Crippen LogP contribution is -2.20. The van der Waals surface area contributed by atoms with Gasteiger partial charge in [0.1, 0.15) is 11.6 Å². The van der Waals surface area contributed by atoms with Gasteiger partial charge in [-0.25, -0.2) is 8.78 Å². The third-order valence-electron chi connectivity index (χ3n) is 5.35. The molecule has 0 saturated heterocycles. The van der Waals surface area contributed by atoms with Gasteiger partial charge in [0.05, 0.1) is 11.0 Å². The van der Waals surface area contributed by atoms with Gasteiger partial charge in [-0.05, 0) is 68.8 Å². The SMILES string of the molecule is Fc1ccc2c(NCCCCNCCCNc3ccnc4cc(F)ccc34)ccnc2c1. The number of nitrogens with zero attached hydrogens (tertiary/aromatic N) is 2. The molecule has 2 heterocycles. The monoisotopic (exact) mass is 435 g/mol. The van der Waals surface area contributed by atoms with E-state index in [9.17, 15) is 8.78 Å². The highest BCUT2D eigenvalue weighted by Gasteiger charge is 2.04. The second-order valence-electron chi connectivity index (χ2n) is 7.70. The van der Waals surface area contributed by atoms with Crippen molar-refractivity contribution in [2.45, 2.75) is 19.3 Å². The standard InChI is InChI=1S/C25H27F2N5/c26-18-4-6-20-22(8-14-31-24(20)16-18)29-12-2-1-10-28-11-3-13-30-23-9-15-32-25-17-19(27)5-7-21(23)25/h4-9,14-17,28H,1-3,10-13H2,(H,29,31)(H,30,32). The molecule has 3 N–H and O–H groups in total. The van der Waals surface area contributed by atoms with E-state index in [-0.39, 0.29) is 11.6 Å².